The molecule has 11 heteroatoms. The molecule has 3 aliphatic heterocycles. The van der Waals surface area contributed by atoms with Gasteiger partial charge >= 0.3 is 0 Å². The first-order valence-corrected chi connectivity index (χ1v) is 15.2. The van der Waals surface area contributed by atoms with Crippen LogP contribution in [0.25, 0.3) is 6.08 Å². The summed E-state index contributed by atoms with van der Waals surface area (Å²) in [6.45, 7) is 5.44. The molecule has 3 fully saturated rings. The van der Waals surface area contributed by atoms with E-state index in [0.29, 0.717) is 34.6 Å². The molecule has 3 saturated heterocycles. The fourth-order valence-electron chi connectivity index (χ4n) is 5.33. The highest BCUT2D eigenvalue weighted by molar-refractivity contribution is 7.92. The standard InChI is InChI=1S/C24H35ClN4O4S2/c1-18-6-2-3-12-27(18)16-19-7-4-14-29(19)23(30)17-28-13-5-8-21(24(28)31)26-35(32,33)15-11-20-9-10-22(25)34-20/h9-11,15,18-19,21,26H,2-8,12-14,16-17H2,1H3/t18?,19-,21-/m0/s1. The van der Waals surface area contributed by atoms with E-state index in [9.17, 15) is 18.0 Å². The third-order valence-electron chi connectivity index (χ3n) is 7.25. The van der Waals surface area contributed by atoms with E-state index >= 15 is 0 Å². The van der Waals surface area contributed by atoms with Crippen LogP contribution in [0.5, 0.6) is 0 Å². The van der Waals surface area contributed by atoms with Crippen LogP contribution in [0, 0.1) is 0 Å². The topological polar surface area (TPSA) is 90.0 Å². The first kappa shape index (κ1) is 26.6. The second-order valence-corrected chi connectivity index (χ2v) is 13.1. The van der Waals surface area contributed by atoms with Gasteiger partial charge in [0.25, 0.3) is 0 Å². The van der Waals surface area contributed by atoms with E-state index in [1.807, 2.05) is 4.90 Å². The molecule has 0 saturated carbocycles. The summed E-state index contributed by atoms with van der Waals surface area (Å²) >= 11 is 7.16. The highest BCUT2D eigenvalue weighted by Crippen LogP contribution is 2.25. The first-order valence-electron chi connectivity index (χ1n) is 12.5. The lowest BCUT2D eigenvalue weighted by Gasteiger charge is -2.38. The van der Waals surface area contributed by atoms with Crippen molar-refractivity contribution in [3.8, 4) is 0 Å². The second kappa shape index (κ2) is 11.7. The van der Waals surface area contributed by atoms with Gasteiger partial charge in [-0.2, -0.15) is 4.72 Å². The third kappa shape index (κ3) is 7.07. The number of halogens is 1. The Bertz CT molecular complexity index is 1040. The summed E-state index contributed by atoms with van der Waals surface area (Å²) in [6.07, 6.45) is 8.18. The number of amides is 2. The van der Waals surface area contributed by atoms with Gasteiger partial charge in [-0.15, -0.1) is 11.3 Å². The van der Waals surface area contributed by atoms with Gasteiger partial charge in [-0.25, -0.2) is 8.42 Å². The normalized spacial score (nSPS) is 26.7. The highest BCUT2D eigenvalue weighted by atomic mass is 35.5. The number of likely N-dealkylation sites (tertiary alicyclic amines) is 3. The number of hydrogen-bond acceptors (Lipinski definition) is 6. The summed E-state index contributed by atoms with van der Waals surface area (Å²) in [6, 6.07) is 3.30. The van der Waals surface area contributed by atoms with E-state index in [1.165, 1.54) is 41.6 Å². The van der Waals surface area contributed by atoms with Crippen molar-refractivity contribution in [2.24, 2.45) is 0 Å². The van der Waals surface area contributed by atoms with E-state index in [1.54, 1.807) is 12.1 Å². The Morgan fingerprint density at radius 1 is 1.14 bits per heavy atom. The molecule has 2 amide bonds. The first-order chi connectivity index (χ1) is 16.7. The Labute approximate surface area is 217 Å². The van der Waals surface area contributed by atoms with E-state index in [4.69, 9.17) is 11.6 Å². The van der Waals surface area contributed by atoms with Crippen LogP contribution >= 0.6 is 22.9 Å². The predicted octanol–water partition coefficient (Wildman–Crippen LogP) is 3.15. The molecule has 0 bridgehead atoms. The minimum absolute atomic E-state index is 0.00660. The maximum atomic E-state index is 13.2. The Kier molecular flexibility index (Phi) is 8.91. The lowest BCUT2D eigenvalue weighted by atomic mass is 10.0. The number of nitrogens with one attached hydrogen (secondary N) is 1. The maximum absolute atomic E-state index is 13.2. The molecule has 4 rings (SSSR count). The second-order valence-electron chi connectivity index (χ2n) is 9.79. The number of sulfonamides is 1. The van der Waals surface area contributed by atoms with E-state index in [0.717, 1.165) is 37.9 Å². The largest absolute Gasteiger partial charge is 0.337 e. The van der Waals surface area contributed by atoms with Crippen LogP contribution < -0.4 is 4.72 Å². The summed E-state index contributed by atoms with van der Waals surface area (Å²) < 4.78 is 28.2. The average Bonchev–Trinajstić information content (AvgIpc) is 3.45. The number of thiophene rings is 1. The van der Waals surface area contributed by atoms with Gasteiger partial charge in [0.05, 0.1) is 10.9 Å². The van der Waals surface area contributed by atoms with Crippen LogP contribution in [0.15, 0.2) is 17.5 Å². The van der Waals surface area contributed by atoms with Gasteiger partial charge in [-0.3, -0.25) is 14.5 Å². The van der Waals surface area contributed by atoms with Crippen LogP contribution in [0.3, 0.4) is 0 Å². The zero-order valence-electron chi connectivity index (χ0n) is 20.2. The summed E-state index contributed by atoms with van der Waals surface area (Å²) in [5, 5.41) is 1.06. The molecule has 35 heavy (non-hydrogen) atoms. The van der Waals surface area contributed by atoms with Gasteiger partial charge in [0.1, 0.15) is 6.04 Å². The molecule has 0 radical (unpaired) electrons. The number of nitrogens with zero attached hydrogens (tertiary/aromatic N) is 3. The zero-order valence-corrected chi connectivity index (χ0v) is 22.6. The van der Waals surface area contributed by atoms with Crippen LogP contribution in [-0.4, -0.2) is 85.8 Å². The third-order valence-corrected chi connectivity index (χ3v) is 9.56. The lowest BCUT2D eigenvalue weighted by Crippen LogP contribution is -2.55. The van der Waals surface area contributed by atoms with Crippen LogP contribution in [-0.2, 0) is 19.6 Å². The van der Waals surface area contributed by atoms with Gasteiger partial charge < -0.3 is 9.80 Å². The number of hydrogen-bond donors (Lipinski definition) is 1. The molecular formula is C24H35ClN4O4S2. The molecule has 0 aliphatic carbocycles. The van der Waals surface area contributed by atoms with Crippen LogP contribution in [0.2, 0.25) is 4.34 Å². The van der Waals surface area contributed by atoms with Crippen molar-refractivity contribution < 1.29 is 18.0 Å². The van der Waals surface area contributed by atoms with Gasteiger partial charge in [-0.05, 0) is 70.2 Å². The van der Waals surface area contributed by atoms with Crippen LogP contribution in [0.1, 0.15) is 56.7 Å². The van der Waals surface area contributed by atoms with Gasteiger partial charge in [0.2, 0.25) is 21.8 Å². The van der Waals surface area contributed by atoms with Crippen molar-refractivity contribution in [2.45, 2.75) is 70.0 Å². The Hall–Kier alpha value is -1.46. The summed E-state index contributed by atoms with van der Waals surface area (Å²) in [5.41, 5.74) is 0. The Balaban J connectivity index is 1.33. The molecule has 1 unspecified atom stereocenters. The number of carbonyl (C=O) groups excluding carboxylic acids is 2. The molecule has 3 atom stereocenters. The molecule has 4 heterocycles. The van der Waals surface area contributed by atoms with Crippen molar-refractivity contribution in [2.75, 3.05) is 32.7 Å². The monoisotopic (exact) mass is 542 g/mol. The SMILES string of the molecule is CC1CCCCN1C[C@@H]1CCCN1C(=O)CN1CCC[C@H](NS(=O)(=O)C=Cc2ccc(Cl)s2)C1=O. The van der Waals surface area contributed by atoms with Crippen molar-refractivity contribution in [1.82, 2.24) is 19.4 Å². The predicted molar refractivity (Wildman–Crippen MR) is 140 cm³/mol. The Morgan fingerprint density at radius 3 is 2.69 bits per heavy atom. The average molecular weight is 543 g/mol. The lowest BCUT2D eigenvalue weighted by molar-refractivity contribution is -0.143. The van der Waals surface area contributed by atoms with E-state index in [-0.39, 0.29) is 24.4 Å². The van der Waals surface area contributed by atoms with Gasteiger partial charge in [0.15, 0.2) is 0 Å². The van der Waals surface area contributed by atoms with Crippen molar-refractivity contribution in [1.29, 1.82) is 0 Å². The highest BCUT2D eigenvalue weighted by Gasteiger charge is 2.36. The smallest absolute Gasteiger partial charge is 0.242 e. The van der Waals surface area contributed by atoms with Crippen molar-refractivity contribution in [3.05, 3.63) is 26.8 Å². The molecule has 1 N–H and O–H groups in total. The summed E-state index contributed by atoms with van der Waals surface area (Å²) in [4.78, 5) is 32.9. The summed E-state index contributed by atoms with van der Waals surface area (Å²) in [5.74, 6) is -0.371. The fraction of sp³-hybridized carbons (Fsp3) is 0.667. The molecule has 3 aliphatic rings. The minimum Gasteiger partial charge on any atom is -0.337 e. The number of piperidine rings is 2. The van der Waals surface area contributed by atoms with Crippen molar-refractivity contribution >= 4 is 50.9 Å². The van der Waals surface area contributed by atoms with Gasteiger partial charge in [0, 0.05) is 42.0 Å². The van der Waals surface area contributed by atoms with E-state index in [2.05, 4.69) is 16.5 Å². The quantitative estimate of drug-likeness (QED) is 0.545. The van der Waals surface area contributed by atoms with Crippen molar-refractivity contribution in [3.63, 3.8) is 0 Å². The van der Waals surface area contributed by atoms with Gasteiger partial charge in [-0.1, -0.05) is 18.0 Å². The molecule has 194 valence electrons. The molecule has 0 spiro atoms. The number of rotatable bonds is 8. The molecule has 1 aromatic heterocycles. The molecule has 1 aromatic rings. The fourth-order valence-corrected chi connectivity index (χ4v) is 7.40. The number of carbonyl (C=O) groups is 2. The summed E-state index contributed by atoms with van der Waals surface area (Å²) in [7, 11) is -3.82. The molecule has 8 nitrogen and oxygen atoms in total. The maximum Gasteiger partial charge on any atom is 0.242 e. The van der Waals surface area contributed by atoms with E-state index < -0.39 is 16.1 Å². The minimum atomic E-state index is -3.82. The Morgan fingerprint density at radius 2 is 1.94 bits per heavy atom. The zero-order chi connectivity index (χ0) is 25.0. The molecular weight excluding hydrogens is 508 g/mol. The van der Waals surface area contributed by atoms with Crippen LogP contribution in [0.4, 0.5) is 0 Å². The molecule has 0 aromatic carbocycles.